The first-order valence-electron chi connectivity index (χ1n) is 8.26. The fraction of sp³-hybridized carbons (Fsp3) is 0.150. The number of aliphatic carboxylic acids is 1. The first-order valence-corrected chi connectivity index (χ1v) is 8.26. The van der Waals surface area contributed by atoms with Crippen LogP contribution in [0.25, 0.3) is 0 Å². The third kappa shape index (κ3) is 3.52. The molecule has 0 aliphatic carbocycles. The Labute approximate surface area is 160 Å². The number of carboxylic acid groups (broad SMARTS) is 1. The Morgan fingerprint density at radius 3 is 2.57 bits per heavy atom. The number of nitrogens with one attached hydrogen (secondary N) is 1. The van der Waals surface area contributed by atoms with Crippen molar-refractivity contribution in [2.24, 2.45) is 0 Å². The Kier molecular flexibility index (Phi) is 5.04. The summed E-state index contributed by atoms with van der Waals surface area (Å²) in [4.78, 5) is 35.8. The Balaban J connectivity index is 2.09. The molecular weight excluding hydrogens is 366 g/mol. The number of carboxylic acids is 1. The number of methoxy groups -OCH3 is 1. The van der Waals surface area contributed by atoms with Crippen molar-refractivity contribution in [1.29, 1.82) is 0 Å². The molecule has 1 atom stereocenters. The summed E-state index contributed by atoms with van der Waals surface area (Å²) >= 11 is 0. The van der Waals surface area contributed by atoms with Crippen LogP contribution in [0.4, 0.5) is 0 Å². The molecule has 0 fully saturated rings. The van der Waals surface area contributed by atoms with Gasteiger partial charge in [0.05, 0.1) is 7.11 Å². The maximum absolute atomic E-state index is 12.8. The quantitative estimate of drug-likeness (QED) is 0.393. The van der Waals surface area contributed by atoms with Gasteiger partial charge in [0.15, 0.2) is 17.0 Å². The van der Waals surface area contributed by atoms with Gasteiger partial charge in [-0.3, -0.25) is 4.79 Å². The van der Waals surface area contributed by atoms with E-state index in [1.54, 1.807) is 24.3 Å². The monoisotopic (exact) mass is 383 g/mol. The summed E-state index contributed by atoms with van der Waals surface area (Å²) in [5.41, 5.74) is -0.665. The average molecular weight is 383 g/mol. The van der Waals surface area contributed by atoms with Gasteiger partial charge in [-0.1, -0.05) is 30.3 Å². The molecule has 0 radical (unpaired) electrons. The molecule has 0 bridgehead atoms. The van der Waals surface area contributed by atoms with E-state index >= 15 is 0 Å². The van der Waals surface area contributed by atoms with Crippen molar-refractivity contribution in [3.8, 4) is 17.2 Å². The normalized spacial score (nSPS) is 17.8. The maximum atomic E-state index is 12.8. The highest BCUT2D eigenvalue weighted by Gasteiger charge is 2.51. The van der Waals surface area contributed by atoms with Crippen molar-refractivity contribution in [2.75, 3.05) is 7.11 Å². The van der Waals surface area contributed by atoms with Gasteiger partial charge in [0, 0.05) is 30.2 Å². The fourth-order valence-electron chi connectivity index (χ4n) is 3.06. The number of esters is 1. The van der Waals surface area contributed by atoms with E-state index in [1.165, 1.54) is 19.2 Å². The van der Waals surface area contributed by atoms with Crippen molar-refractivity contribution in [2.45, 2.75) is 12.0 Å². The number of carbonyl (C=O) groups excluding carboxylic acids is 2. The van der Waals surface area contributed by atoms with Gasteiger partial charge in [0.2, 0.25) is 5.91 Å². The minimum atomic E-state index is -1.64. The minimum Gasteiger partial charge on any atom is -0.504 e. The lowest BCUT2D eigenvalue weighted by Gasteiger charge is -2.27. The van der Waals surface area contributed by atoms with Gasteiger partial charge in [-0.25, -0.2) is 9.59 Å². The Bertz CT molecular complexity index is 968. The topological polar surface area (TPSA) is 122 Å². The third-order valence-electron chi connectivity index (χ3n) is 4.32. The second-order valence-electron chi connectivity index (χ2n) is 6.14. The molecule has 2 aromatic carbocycles. The molecule has 28 heavy (non-hydrogen) atoms. The van der Waals surface area contributed by atoms with E-state index in [0.29, 0.717) is 6.08 Å². The second kappa shape index (κ2) is 7.43. The van der Waals surface area contributed by atoms with Crippen molar-refractivity contribution in [3.63, 3.8) is 0 Å². The zero-order valence-electron chi connectivity index (χ0n) is 14.8. The number of hydrogen-bond donors (Lipinski definition) is 3. The van der Waals surface area contributed by atoms with Gasteiger partial charge in [0.25, 0.3) is 0 Å². The van der Waals surface area contributed by atoms with Gasteiger partial charge in [0.1, 0.15) is 5.75 Å². The minimum absolute atomic E-state index is 0.0398. The first-order chi connectivity index (χ1) is 13.4. The lowest BCUT2D eigenvalue weighted by Crippen LogP contribution is -2.51. The van der Waals surface area contributed by atoms with Crippen molar-refractivity contribution in [1.82, 2.24) is 5.32 Å². The number of carbonyl (C=O) groups is 3. The van der Waals surface area contributed by atoms with E-state index in [-0.39, 0.29) is 29.2 Å². The van der Waals surface area contributed by atoms with E-state index in [4.69, 9.17) is 14.6 Å². The molecule has 1 amide bonds. The Morgan fingerprint density at radius 2 is 1.93 bits per heavy atom. The molecule has 144 valence electrons. The Morgan fingerprint density at radius 1 is 1.21 bits per heavy atom. The summed E-state index contributed by atoms with van der Waals surface area (Å²) in [6.07, 6.45) is 1.51. The van der Waals surface area contributed by atoms with Crippen LogP contribution in [0.1, 0.15) is 11.1 Å². The van der Waals surface area contributed by atoms with Crippen LogP contribution < -0.4 is 14.8 Å². The zero-order valence-corrected chi connectivity index (χ0v) is 14.8. The maximum Gasteiger partial charge on any atom is 0.342 e. The standard InChI is InChI=1S/C20H17NO7/c1-27-16-10-15-13(9-14(16)22)20(19(26)28-15,11-12-5-3-2-4-6-12)21-17(23)7-8-18(24)25/h2-10,22H,11H2,1H3,(H,21,23)(H,24,25)/b8-7+. The molecular formula is C20H17NO7. The predicted molar refractivity (Wildman–Crippen MR) is 97.0 cm³/mol. The van der Waals surface area contributed by atoms with Crippen LogP contribution in [0.15, 0.2) is 54.6 Å². The van der Waals surface area contributed by atoms with E-state index in [2.05, 4.69) is 5.32 Å². The van der Waals surface area contributed by atoms with Gasteiger partial charge >= 0.3 is 11.9 Å². The van der Waals surface area contributed by atoms with Crippen LogP contribution in [0.5, 0.6) is 17.2 Å². The second-order valence-corrected chi connectivity index (χ2v) is 6.14. The average Bonchev–Trinajstić information content (AvgIpc) is 2.91. The summed E-state index contributed by atoms with van der Waals surface area (Å²) in [6.45, 7) is 0. The van der Waals surface area contributed by atoms with Gasteiger partial charge < -0.3 is 25.0 Å². The van der Waals surface area contributed by atoms with Crippen LogP contribution in [0.2, 0.25) is 0 Å². The summed E-state index contributed by atoms with van der Waals surface area (Å²) < 4.78 is 10.4. The molecule has 2 aromatic rings. The number of rotatable bonds is 6. The van der Waals surface area contributed by atoms with E-state index < -0.39 is 23.4 Å². The van der Waals surface area contributed by atoms with Crippen molar-refractivity contribution >= 4 is 17.8 Å². The number of hydrogen-bond acceptors (Lipinski definition) is 6. The first kappa shape index (κ1) is 19.0. The smallest absolute Gasteiger partial charge is 0.342 e. The predicted octanol–water partition coefficient (Wildman–Crippen LogP) is 1.51. The van der Waals surface area contributed by atoms with Crippen LogP contribution in [-0.4, -0.2) is 35.2 Å². The highest BCUT2D eigenvalue weighted by molar-refractivity contribution is 6.00. The molecule has 8 nitrogen and oxygen atoms in total. The van der Waals surface area contributed by atoms with Gasteiger partial charge in [-0.2, -0.15) is 0 Å². The molecule has 1 aliphatic heterocycles. The molecule has 0 spiro atoms. The molecule has 8 heteroatoms. The number of phenols is 1. The van der Waals surface area contributed by atoms with Gasteiger partial charge in [-0.15, -0.1) is 0 Å². The summed E-state index contributed by atoms with van der Waals surface area (Å²) in [6, 6.07) is 11.6. The summed E-state index contributed by atoms with van der Waals surface area (Å²) in [7, 11) is 1.36. The molecule has 0 saturated heterocycles. The van der Waals surface area contributed by atoms with Crippen LogP contribution in [0, 0.1) is 0 Å². The number of phenolic OH excluding ortho intramolecular Hbond substituents is 1. The highest BCUT2D eigenvalue weighted by Crippen LogP contribution is 2.45. The van der Waals surface area contributed by atoms with Crippen molar-refractivity contribution in [3.05, 3.63) is 65.7 Å². The number of aromatic hydroxyl groups is 1. The van der Waals surface area contributed by atoms with E-state index in [0.717, 1.165) is 11.6 Å². The summed E-state index contributed by atoms with van der Waals surface area (Å²) in [5.74, 6) is -2.83. The molecule has 3 N–H and O–H groups in total. The lowest BCUT2D eigenvalue weighted by molar-refractivity contribution is -0.142. The third-order valence-corrected chi connectivity index (χ3v) is 4.32. The lowest BCUT2D eigenvalue weighted by atomic mass is 9.84. The molecule has 0 aromatic heterocycles. The largest absolute Gasteiger partial charge is 0.504 e. The van der Waals surface area contributed by atoms with Crippen LogP contribution in [0.3, 0.4) is 0 Å². The van der Waals surface area contributed by atoms with E-state index in [9.17, 15) is 19.5 Å². The Hall–Kier alpha value is -3.81. The number of benzene rings is 2. The van der Waals surface area contributed by atoms with Gasteiger partial charge in [-0.05, 0) is 11.6 Å². The number of amides is 1. The van der Waals surface area contributed by atoms with Crippen molar-refractivity contribution < 1.29 is 34.1 Å². The molecule has 1 unspecified atom stereocenters. The zero-order chi connectivity index (χ0) is 20.3. The number of ether oxygens (including phenoxy) is 2. The highest BCUT2D eigenvalue weighted by atomic mass is 16.5. The summed E-state index contributed by atoms with van der Waals surface area (Å²) in [5, 5.41) is 21.4. The number of fused-ring (bicyclic) bond motifs is 1. The van der Waals surface area contributed by atoms with E-state index in [1.807, 2.05) is 6.07 Å². The fourth-order valence-corrected chi connectivity index (χ4v) is 3.06. The molecule has 0 saturated carbocycles. The SMILES string of the molecule is COc1cc2c(cc1O)C(Cc1ccccc1)(NC(=O)/C=C/C(=O)O)C(=O)O2. The van der Waals surface area contributed by atoms with Crippen LogP contribution >= 0.6 is 0 Å². The molecule has 3 rings (SSSR count). The molecule has 1 heterocycles. The molecule has 1 aliphatic rings. The van der Waals surface area contributed by atoms with Crippen LogP contribution in [-0.2, 0) is 26.3 Å².